The Kier molecular flexibility index (Phi) is 5.67. The van der Waals surface area contributed by atoms with Crippen molar-refractivity contribution in [3.05, 3.63) is 65.2 Å². The second-order valence-corrected chi connectivity index (χ2v) is 8.23. The van der Waals surface area contributed by atoms with E-state index in [1.165, 1.54) is 17.0 Å². The molecule has 0 radical (unpaired) electrons. The van der Waals surface area contributed by atoms with E-state index in [0.29, 0.717) is 19.4 Å². The number of carbonyl (C=O) groups excluding carboxylic acids is 2. The van der Waals surface area contributed by atoms with Gasteiger partial charge < -0.3 is 20.0 Å². The quantitative estimate of drug-likeness (QED) is 0.745. The second-order valence-electron chi connectivity index (χ2n) is 8.23. The predicted molar refractivity (Wildman–Crippen MR) is 113 cm³/mol. The molecule has 0 spiro atoms. The van der Waals surface area contributed by atoms with Crippen LogP contribution in [0.5, 0.6) is 5.75 Å². The highest BCUT2D eigenvalue weighted by atomic mass is 16.4. The predicted octanol–water partition coefficient (Wildman–Crippen LogP) is 2.35. The molecule has 4 rings (SSSR count). The average Bonchev–Trinajstić information content (AvgIpc) is 2.76. The lowest BCUT2D eigenvalue weighted by atomic mass is 9.87. The van der Waals surface area contributed by atoms with Crippen LogP contribution in [0.2, 0.25) is 0 Å². The highest BCUT2D eigenvalue weighted by molar-refractivity contribution is 5.99. The number of hydrogen-bond acceptors (Lipinski definition) is 4. The zero-order valence-electron chi connectivity index (χ0n) is 17.4. The third-order valence-electron chi connectivity index (χ3n) is 6.24. The van der Waals surface area contributed by atoms with E-state index in [-0.39, 0.29) is 30.4 Å². The number of carboxylic acids is 1. The van der Waals surface area contributed by atoms with E-state index in [4.69, 9.17) is 0 Å². The average molecular weight is 422 g/mol. The van der Waals surface area contributed by atoms with E-state index >= 15 is 0 Å². The summed E-state index contributed by atoms with van der Waals surface area (Å²) in [4.78, 5) is 42.3. The van der Waals surface area contributed by atoms with E-state index in [1.54, 1.807) is 17.0 Å². The van der Waals surface area contributed by atoms with Crippen molar-refractivity contribution < 1.29 is 24.6 Å². The number of rotatable bonds is 6. The van der Waals surface area contributed by atoms with Crippen molar-refractivity contribution >= 4 is 17.8 Å². The zero-order valence-corrected chi connectivity index (χ0v) is 17.4. The maximum Gasteiger partial charge on any atom is 0.326 e. The molecule has 7 nitrogen and oxygen atoms in total. The van der Waals surface area contributed by atoms with Crippen molar-refractivity contribution in [2.75, 3.05) is 0 Å². The van der Waals surface area contributed by atoms with Gasteiger partial charge in [0.25, 0.3) is 0 Å². The van der Waals surface area contributed by atoms with Gasteiger partial charge in [-0.25, -0.2) is 4.79 Å². The molecule has 2 heterocycles. The van der Waals surface area contributed by atoms with E-state index in [9.17, 15) is 24.6 Å². The first-order chi connectivity index (χ1) is 14.9. The maximum atomic E-state index is 13.6. The minimum atomic E-state index is -1.09. The Morgan fingerprint density at radius 2 is 1.74 bits per heavy atom. The van der Waals surface area contributed by atoms with E-state index in [1.807, 2.05) is 31.2 Å². The van der Waals surface area contributed by atoms with Gasteiger partial charge >= 0.3 is 5.97 Å². The summed E-state index contributed by atoms with van der Waals surface area (Å²) in [5, 5.41) is 19.5. The fraction of sp³-hybridized carbons (Fsp3) is 0.375. The van der Waals surface area contributed by atoms with Crippen molar-refractivity contribution in [3.8, 4) is 5.75 Å². The number of aliphatic carboxylic acids is 1. The Morgan fingerprint density at radius 3 is 2.39 bits per heavy atom. The fourth-order valence-corrected chi connectivity index (χ4v) is 4.68. The Hall–Kier alpha value is -3.35. The highest BCUT2D eigenvalue weighted by Crippen LogP contribution is 2.32. The van der Waals surface area contributed by atoms with Crippen LogP contribution < -0.4 is 0 Å². The topological polar surface area (TPSA) is 98.2 Å². The number of fused-ring (bicyclic) bond motifs is 2. The first kappa shape index (κ1) is 20.9. The molecule has 3 atom stereocenters. The molecule has 0 bridgehead atoms. The van der Waals surface area contributed by atoms with Gasteiger partial charge in [0, 0.05) is 19.4 Å². The SMILES string of the molecule is CCCC(C(=O)O)N1C(=O)C2Cc3ccccc3CN2C(=O)C1Cc1ccc(O)cc1. The van der Waals surface area contributed by atoms with Gasteiger partial charge in [-0.05, 0) is 35.2 Å². The number of phenolic OH excluding ortho intramolecular Hbond substituents is 1. The largest absolute Gasteiger partial charge is 0.508 e. The molecule has 2 amide bonds. The number of nitrogens with zero attached hydrogens (tertiary/aromatic N) is 2. The highest BCUT2D eigenvalue weighted by Gasteiger charge is 2.50. The van der Waals surface area contributed by atoms with Crippen molar-refractivity contribution in [1.82, 2.24) is 9.80 Å². The molecule has 3 unspecified atom stereocenters. The molecule has 1 saturated heterocycles. The van der Waals surface area contributed by atoms with Crippen LogP contribution in [-0.2, 0) is 33.8 Å². The summed E-state index contributed by atoms with van der Waals surface area (Å²) in [5.41, 5.74) is 2.79. The Labute approximate surface area is 180 Å². The lowest BCUT2D eigenvalue weighted by Gasteiger charge is -2.49. The number of hydrogen-bond donors (Lipinski definition) is 2. The van der Waals surface area contributed by atoms with Crippen LogP contribution in [0.4, 0.5) is 0 Å². The van der Waals surface area contributed by atoms with Crippen molar-refractivity contribution in [1.29, 1.82) is 0 Å². The number of benzene rings is 2. The van der Waals surface area contributed by atoms with Gasteiger partial charge in [-0.15, -0.1) is 0 Å². The van der Waals surface area contributed by atoms with Gasteiger partial charge in [-0.2, -0.15) is 0 Å². The molecule has 2 aliphatic rings. The Balaban J connectivity index is 1.74. The first-order valence-corrected chi connectivity index (χ1v) is 10.6. The van der Waals surface area contributed by atoms with Gasteiger partial charge in [0.05, 0.1) is 0 Å². The van der Waals surface area contributed by atoms with Crippen LogP contribution >= 0.6 is 0 Å². The normalized spacial score (nSPS) is 21.5. The standard InChI is InChI=1S/C24H26N2O5/c1-2-5-19(24(30)31)26-21(12-15-8-10-18(27)11-9-15)22(28)25-14-17-7-4-3-6-16(17)13-20(25)23(26)29/h3-4,6-11,19-21,27H,2,5,12-14H2,1H3,(H,30,31). The number of amides is 2. The number of aromatic hydroxyl groups is 1. The minimum absolute atomic E-state index is 0.105. The Morgan fingerprint density at radius 1 is 1.06 bits per heavy atom. The summed E-state index contributed by atoms with van der Waals surface area (Å²) in [5.74, 6) is -1.52. The third-order valence-corrected chi connectivity index (χ3v) is 6.24. The van der Waals surface area contributed by atoms with Crippen LogP contribution in [0.3, 0.4) is 0 Å². The van der Waals surface area contributed by atoms with Crippen LogP contribution in [0.1, 0.15) is 36.5 Å². The summed E-state index contributed by atoms with van der Waals surface area (Å²) in [6.45, 7) is 2.21. The minimum Gasteiger partial charge on any atom is -0.508 e. The van der Waals surface area contributed by atoms with E-state index < -0.39 is 24.1 Å². The molecule has 2 aromatic carbocycles. The smallest absolute Gasteiger partial charge is 0.326 e. The Bertz CT molecular complexity index is 1000. The molecule has 2 aromatic rings. The summed E-state index contributed by atoms with van der Waals surface area (Å²) < 4.78 is 0. The number of piperazine rings is 1. The van der Waals surface area contributed by atoms with Crippen LogP contribution in [-0.4, -0.2) is 55.9 Å². The van der Waals surface area contributed by atoms with Crippen molar-refractivity contribution in [3.63, 3.8) is 0 Å². The molecule has 0 aliphatic carbocycles. The summed E-state index contributed by atoms with van der Waals surface area (Å²) in [6, 6.07) is 11.5. The van der Waals surface area contributed by atoms with Gasteiger partial charge in [0.15, 0.2) is 0 Å². The first-order valence-electron chi connectivity index (χ1n) is 10.6. The fourth-order valence-electron chi connectivity index (χ4n) is 4.68. The molecule has 0 saturated carbocycles. The molecule has 0 aromatic heterocycles. The molecule has 7 heteroatoms. The molecule has 31 heavy (non-hydrogen) atoms. The van der Waals surface area contributed by atoms with Gasteiger partial charge in [0.1, 0.15) is 23.9 Å². The maximum absolute atomic E-state index is 13.6. The summed E-state index contributed by atoms with van der Waals surface area (Å²) in [6.07, 6.45) is 1.45. The van der Waals surface area contributed by atoms with Crippen LogP contribution in [0.15, 0.2) is 48.5 Å². The van der Waals surface area contributed by atoms with Crippen molar-refractivity contribution in [2.24, 2.45) is 0 Å². The number of carbonyl (C=O) groups is 3. The third kappa shape index (κ3) is 3.87. The van der Waals surface area contributed by atoms with E-state index in [0.717, 1.165) is 16.7 Å². The zero-order chi connectivity index (χ0) is 22.1. The number of phenols is 1. The van der Waals surface area contributed by atoms with E-state index in [2.05, 4.69) is 0 Å². The van der Waals surface area contributed by atoms with Crippen molar-refractivity contribution in [2.45, 2.75) is 57.3 Å². The molecular formula is C24H26N2O5. The molecule has 2 aliphatic heterocycles. The van der Waals surface area contributed by atoms with Gasteiger partial charge in [0.2, 0.25) is 11.8 Å². The number of carboxylic acid groups (broad SMARTS) is 1. The van der Waals surface area contributed by atoms with Gasteiger partial charge in [-0.1, -0.05) is 49.7 Å². The summed E-state index contributed by atoms with van der Waals surface area (Å²) >= 11 is 0. The lowest BCUT2D eigenvalue weighted by Crippen LogP contribution is -2.69. The van der Waals surface area contributed by atoms with Crippen LogP contribution in [0, 0.1) is 0 Å². The molecule has 1 fully saturated rings. The second kappa shape index (κ2) is 8.41. The molecule has 2 N–H and O–H groups in total. The van der Waals surface area contributed by atoms with Gasteiger partial charge in [-0.3, -0.25) is 9.59 Å². The van der Waals surface area contributed by atoms with Crippen LogP contribution in [0.25, 0.3) is 0 Å². The molecular weight excluding hydrogens is 396 g/mol. The monoisotopic (exact) mass is 422 g/mol. The molecule has 162 valence electrons. The summed E-state index contributed by atoms with van der Waals surface area (Å²) in [7, 11) is 0. The lowest BCUT2D eigenvalue weighted by molar-refractivity contribution is -0.170.